The monoisotopic (exact) mass is 531 g/mol. The summed E-state index contributed by atoms with van der Waals surface area (Å²) in [6.07, 6.45) is 3.02. The van der Waals surface area contributed by atoms with Gasteiger partial charge in [0.25, 0.3) is 5.91 Å². The lowest BCUT2D eigenvalue weighted by atomic mass is 9.89. The van der Waals surface area contributed by atoms with Crippen LogP contribution in [0.15, 0.2) is 30.3 Å². The number of carboxylic acids is 1. The molecule has 11 heteroatoms. The van der Waals surface area contributed by atoms with E-state index < -0.39 is 24.4 Å². The molecule has 0 bridgehead atoms. The molecule has 1 atom stereocenters. The first-order valence-electron chi connectivity index (χ1n) is 11.7. The van der Waals surface area contributed by atoms with E-state index in [2.05, 4.69) is 16.5 Å². The smallest absolute Gasteiger partial charge is 0.304 e. The molecule has 1 unspecified atom stereocenters. The predicted molar refractivity (Wildman–Crippen MR) is 137 cm³/mol. The molecule has 0 spiro atoms. The van der Waals surface area contributed by atoms with Gasteiger partial charge < -0.3 is 21.3 Å². The number of anilines is 1. The Labute approximate surface area is 218 Å². The van der Waals surface area contributed by atoms with Crippen LogP contribution in [0.25, 0.3) is 0 Å². The molecular formula is C25H27Cl2N5O4. The van der Waals surface area contributed by atoms with E-state index in [-0.39, 0.29) is 23.4 Å². The number of nitrogens with one attached hydrogen (secondary N) is 1. The Morgan fingerprint density at radius 3 is 2.61 bits per heavy atom. The van der Waals surface area contributed by atoms with Crippen LogP contribution in [0.5, 0.6) is 0 Å². The first-order valence-corrected chi connectivity index (χ1v) is 12.4. The number of aliphatic hydroxyl groups is 1. The molecule has 1 aromatic carbocycles. The Bertz CT molecular complexity index is 1270. The van der Waals surface area contributed by atoms with Gasteiger partial charge >= 0.3 is 5.97 Å². The van der Waals surface area contributed by atoms with Crippen LogP contribution in [0.3, 0.4) is 0 Å². The van der Waals surface area contributed by atoms with Gasteiger partial charge in [0.2, 0.25) is 0 Å². The molecule has 0 radical (unpaired) electrons. The van der Waals surface area contributed by atoms with Crippen molar-refractivity contribution in [3.63, 3.8) is 0 Å². The van der Waals surface area contributed by atoms with Gasteiger partial charge in [0.1, 0.15) is 5.82 Å². The van der Waals surface area contributed by atoms with Crippen LogP contribution < -0.4 is 11.1 Å². The fourth-order valence-corrected chi connectivity index (χ4v) is 5.16. The summed E-state index contributed by atoms with van der Waals surface area (Å²) >= 11 is 12.3. The Kier molecular flexibility index (Phi) is 8.13. The van der Waals surface area contributed by atoms with Crippen molar-refractivity contribution in [3.8, 4) is 0 Å². The first kappa shape index (κ1) is 25.9. The number of carboxylic acid groups (broad SMARTS) is 1. The number of fused-ring (bicyclic) bond motifs is 1. The third-order valence-electron chi connectivity index (χ3n) is 6.23. The van der Waals surface area contributed by atoms with Crippen molar-refractivity contribution in [2.45, 2.75) is 51.2 Å². The highest BCUT2D eigenvalue weighted by Crippen LogP contribution is 2.34. The van der Waals surface area contributed by atoms with E-state index in [1.54, 1.807) is 12.1 Å². The van der Waals surface area contributed by atoms with Gasteiger partial charge in [-0.15, -0.1) is 0 Å². The third kappa shape index (κ3) is 5.80. The highest BCUT2D eigenvalue weighted by Gasteiger charge is 2.30. The molecule has 4 rings (SSSR count). The summed E-state index contributed by atoms with van der Waals surface area (Å²) in [5.41, 5.74) is 8.71. The van der Waals surface area contributed by atoms with Crippen molar-refractivity contribution < 1.29 is 19.8 Å². The van der Waals surface area contributed by atoms with Gasteiger partial charge in [0, 0.05) is 34.7 Å². The lowest BCUT2D eigenvalue weighted by Crippen LogP contribution is -2.18. The van der Waals surface area contributed by atoms with E-state index in [0.717, 1.165) is 30.9 Å². The molecule has 0 fully saturated rings. The van der Waals surface area contributed by atoms with E-state index in [4.69, 9.17) is 33.9 Å². The maximum absolute atomic E-state index is 12.4. The summed E-state index contributed by atoms with van der Waals surface area (Å²) < 4.78 is 1.52. The number of aromatic nitrogens is 3. The molecule has 3 aromatic rings. The minimum Gasteiger partial charge on any atom is -0.481 e. The molecule has 9 nitrogen and oxygen atoms in total. The van der Waals surface area contributed by atoms with Crippen LogP contribution in [0.4, 0.5) is 5.82 Å². The zero-order valence-corrected chi connectivity index (χ0v) is 21.0. The van der Waals surface area contributed by atoms with Gasteiger partial charge in [-0.1, -0.05) is 29.3 Å². The number of rotatable bonds is 10. The van der Waals surface area contributed by atoms with Crippen molar-refractivity contribution >= 4 is 40.9 Å². The predicted octanol–water partition coefficient (Wildman–Crippen LogP) is 3.77. The van der Waals surface area contributed by atoms with Gasteiger partial charge in [-0.3, -0.25) is 14.3 Å². The number of nitrogens with zero attached hydrogens (tertiary/aromatic N) is 3. The first-order chi connectivity index (χ1) is 17.3. The SMILES string of the molecule is NC(=O)c1c(C(CC(=O)O)c2cc(Cl)cc(Cl)c2)nn(CCCc2ccc3c(n2)NCCC3)c1CO. The topological polar surface area (TPSA) is 143 Å². The molecule has 2 aromatic heterocycles. The number of nitrogens with two attached hydrogens (primary N) is 1. The molecule has 1 aliphatic rings. The standard InChI is InChI=1S/C25H27Cl2N5O4/c26-16-9-15(10-17(27)11-16)19(12-21(34)35)23-22(24(28)36)20(13-33)32(31-23)8-2-4-18-6-5-14-3-1-7-29-25(14)30-18/h5-6,9-11,19,33H,1-4,7-8,12-13H2,(H2,28,36)(H,29,30)(H,34,35). The number of pyridine rings is 1. The fraction of sp³-hybridized carbons (Fsp3) is 0.360. The molecule has 0 aliphatic carbocycles. The lowest BCUT2D eigenvalue weighted by Gasteiger charge is -2.17. The van der Waals surface area contributed by atoms with Gasteiger partial charge in [0.15, 0.2) is 0 Å². The van der Waals surface area contributed by atoms with Crippen molar-refractivity contribution in [2.75, 3.05) is 11.9 Å². The number of hydrogen-bond acceptors (Lipinski definition) is 6. The fourth-order valence-electron chi connectivity index (χ4n) is 4.62. The van der Waals surface area contributed by atoms with Crippen molar-refractivity contribution in [1.29, 1.82) is 0 Å². The Hall–Kier alpha value is -3.14. The third-order valence-corrected chi connectivity index (χ3v) is 6.67. The average molecular weight is 532 g/mol. The molecule has 0 saturated heterocycles. The number of aryl methyl sites for hydroxylation is 3. The van der Waals surface area contributed by atoms with Gasteiger partial charge in [-0.05, 0) is 61.1 Å². The largest absolute Gasteiger partial charge is 0.481 e. The molecular weight excluding hydrogens is 505 g/mol. The van der Waals surface area contributed by atoms with Crippen LogP contribution in [-0.2, 0) is 30.8 Å². The van der Waals surface area contributed by atoms with Crippen LogP contribution in [-0.4, -0.2) is 43.4 Å². The molecule has 36 heavy (non-hydrogen) atoms. The van der Waals surface area contributed by atoms with E-state index in [0.29, 0.717) is 35.0 Å². The number of carbonyl (C=O) groups excluding carboxylic acids is 1. The van der Waals surface area contributed by atoms with E-state index >= 15 is 0 Å². The maximum Gasteiger partial charge on any atom is 0.304 e. The molecule has 1 aliphatic heterocycles. The van der Waals surface area contributed by atoms with Gasteiger partial charge in [-0.25, -0.2) is 4.98 Å². The summed E-state index contributed by atoms with van der Waals surface area (Å²) in [7, 11) is 0. The summed E-state index contributed by atoms with van der Waals surface area (Å²) in [6.45, 7) is 0.797. The average Bonchev–Trinajstić information content (AvgIpc) is 3.20. The zero-order valence-electron chi connectivity index (χ0n) is 19.5. The molecule has 5 N–H and O–H groups in total. The normalized spacial score (nSPS) is 13.6. The summed E-state index contributed by atoms with van der Waals surface area (Å²) in [5, 5.41) is 28.2. The zero-order chi connectivity index (χ0) is 25.8. The van der Waals surface area contributed by atoms with E-state index in [9.17, 15) is 19.8 Å². The number of aliphatic carboxylic acids is 1. The van der Waals surface area contributed by atoms with E-state index in [1.807, 2.05) is 6.07 Å². The number of benzene rings is 1. The number of primary amides is 1. The summed E-state index contributed by atoms with van der Waals surface area (Å²) in [6, 6.07) is 8.79. The Balaban J connectivity index is 1.64. The number of carbonyl (C=O) groups is 2. The highest BCUT2D eigenvalue weighted by molar-refractivity contribution is 6.34. The molecule has 3 heterocycles. The van der Waals surface area contributed by atoms with Crippen molar-refractivity contribution in [1.82, 2.24) is 14.8 Å². The van der Waals surface area contributed by atoms with E-state index in [1.165, 1.54) is 16.3 Å². The lowest BCUT2D eigenvalue weighted by molar-refractivity contribution is -0.137. The summed E-state index contributed by atoms with van der Waals surface area (Å²) in [5.74, 6) is -1.82. The van der Waals surface area contributed by atoms with Crippen LogP contribution in [0.1, 0.15) is 63.7 Å². The molecule has 1 amide bonds. The van der Waals surface area contributed by atoms with Crippen molar-refractivity contribution in [2.24, 2.45) is 5.73 Å². The van der Waals surface area contributed by atoms with Gasteiger partial charge in [-0.2, -0.15) is 5.10 Å². The molecule has 0 saturated carbocycles. The number of hydrogen-bond donors (Lipinski definition) is 4. The number of halogens is 2. The second-order valence-electron chi connectivity index (χ2n) is 8.75. The Morgan fingerprint density at radius 1 is 1.19 bits per heavy atom. The molecule has 190 valence electrons. The minimum absolute atomic E-state index is 0.0101. The quantitative estimate of drug-likeness (QED) is 0.311. The highest BCUT2D eigenvalue weighted by atomic mass is 35.5. The van der Waals surface area contributed by atoms with Crippen LogP contribution in [0, 0.1) is 0 Å². The second-order valence-corrected chi connectivity index (χ2v) is 9.62. The minimum atomic E-state index is -1.10. The maximum atomic E-state index is 12.4. The van der Waals surface area contributed by atoms with Crippen LogP contribution in [0.2, 0.25) is 10.0 Å². The number of aliphatic hydroxyl groups excluding tert-OH is 1. The Morgan fingerprint density at radius 2 is 1.94 bits per heavy atom. The van der Waals surface area contributed by atoms with Crippen molar-refractivity contribution in [3.05, 3.63) is 74.1 Å². The van der Waals surface area contributed by atoms with Crippen LogP contribution >= 0.6 is 23.2 Å². The summed E-state index contributed by atoms with van der Waals surface area (Å²) in [4.78, 5) is 28.9. The van der Waals surface area contributed by atoms with Gasteiger partial charge in [0.05, 0.1) is 30.0 Å². The second kappa shape index (κ2) is 11.3. The number of amides is 1.